The molecule has 0 heterocycles. The van der Waals surface area contributed by atoms with Crippen LogP contribution in [0.4, 0.5) is 0 Å². The second-order valence-corrected chi connectivity index (χ2v) is 7.09. The monoisotopic (exact) mass is 325 g/mol. The third-order valence-electron chi connectivity index (χ3n) is 2.49. The van der Waals surface area contributed by atoms with Crippen molar-refractivity contribution in [2.24, 2.45) is 5.41 Å². The van der Waals surface area contributed by atoms with Crippen LogP contribution in [0.1, 0.15) is 13.8 Å². The lowest BCUT2D eigenvalue weighted by Crippen LogP contribution is -2.38. The predicted molar refractivity (Wildman–Crippen MR) is 73.1 cm³/mol. The number of hydrogen-bond donors (Lipinski definition) is 2. The fraction of sp³-hybridized carbons (Fsp3) is 0.364. The van der Waals surface area contributed by atoms with Gasteiger partial charge in [-0.25, -0.2) is 13.1 Å². The SMILES string of the molecule is CC(C)(CNS(=O)(=O)c1cccc(Cl)c1Cl)C(=O)O. The molecule has 8 heteroatoms. The Kier molecular flexibility index (Phi) is 4.84. The summed E-state index contributed by atoms with van der Waals surface area (Å²) in [5.74, 6) is -1.10. The summed E-state index contributed by atoms with van der Waals surface area (Å²) < 4.78 is 26.3. The number of aliphatic carboxylic acids is 1. The highest BCUT2D eigenvalue weighted by Crippen LogP contribution is 2.29. The molecule has 1 aromatic carbocycles. The lowest BCUT2D eigenvalue weighted by molar-refractivity contribution is -0.146. The largest absolute Gasteiger partial charge is 0.481 e. The molecular formula is C11H13Cl2NO4S. The summed E-state index contributed by atoms with van der Waals surface area (Å²) in [6, 6.07) is 4.21. The fourth-order valence-corrected chi connectivity index (χ4v) is 3.09. The van der Waals surface area contributed by atoms with Gasteiger partial charge in [-0.05, 0) is 26.0 Å². The van der Waals surface area contributed by atoms with Crippen molar-refractivity contribution in [2.45, 2.75) is 18.7 Å². The van der Waals surface area contributed by atoms with Crippen LogP contribution in [0.15, 0.2) is 23.1 Å². The number of nitrogens with one attached hydrogen (secondary N) is 1. The molecule has 0 fully saturated rings. The Hall–Kier alpha value is -0.820. The first-order valence-electron chi connectivity index (χ1n) is 5.25. The van der Waals surface area contributed by atoms with Crippen LogP contribution >= 0.6 is 23.2 Å². The van der Waals surface area contributed by atoms with Crippen molar-refractivity contribution in [1.82, 2.24) is 4.72 Å². The van der Waals surface area contributed by atoms with E-state index in [0.717, 1.165) is 0 Å². The molecule has 0 aliphatic rings. The standard InChI is InChI=1S/C11H13Cl2NO4S/c1-11(2,10(15)16)6-14-19(17,18)8-5-3-4-7(12)9(8)13/h3-5,14H,6H2,1-2H3,(H,15,16). The van der Waals surface area contributed by atoms with E-state index in [0.29, 0.717) is 0 Å². The van der Waals surface area contributed by atoms with Crippen molar-refractivity contribution in [1.29, 1.82) is 0 Å². The van der Waals surface area contributed by atoms with Crippen molar-refractivity contribution in [3.05, 3.63) is 28.2 Å². The van der Waals surface area contributed by atoms with Crippen molar-refractivity contribution in [3.63, 3.8) is 0 Å². The van der Waals surface area contributed by atoms with Gasteiger partial charge in [0.2, 0.25) is 10.0 Å². The predicted octanol–water partition coefficient (Wildman–Crippen LogP) is 2.38. The molecule has 0 aliphatic heterocycles. The summed E-state index contributed by atoms with van der Waals surface area (Å²) in [7, 11) is -3.91. The topological polar surface area (TPSA) is 83.5 Å². The van der Waals surface area contributed by atoms with Crippen LogP contribution in [0.25, 0.3) is 0 Å². The van der Waals surface area contributed by atoms with E-state index in [2.05, 4.69) is 4.72 Å². The summed E-state index contributed by atoms with van der Waals surface area (Å²) in [6.07, 6.45) is 0. The smallest absolute Gasteiger partial charge is 0.310 e. The number of rotatable bonds is 5. The molecule has 0 amide bonds. The highest BCUT2D eigenvalue weighted by Gasteiger charge is 2.30. The second kappa shape index (κ2) is 5.66. The minimum Gasteiger partial charge on any atom is -0.481 e. The molecule has 0 atom stereocenters. The maximum atomic E-state index is 12.0. The van der Waals surface area contributed by atoms with Gasteiger partial charge in [-0.2, -0.15) is 0 Å². The molecule has 1 aromatic rings. The van der Waals surface area contributed by atoms with Crippen LogP contribution < -0.4 is 4.72 Å². The Labute approximate surface area is 121 Å². The third-order valence-corrected chi connectivity index (χ3v) is 4.86. The van der Waals surface area contributed by atoms with Crippen LogP contribution in [0.5, 0.6) is 0 Å². The van der Waals surface area contributed by atoms with E-state index in [1.54, 1.807) is 0 Å². The van der Waals surface area contributed by atoms with Crippen LogP contribution in [0, 0.1) is 5.41 Å². The zero-order valence-corrected chi connectivity index (χ0v) is 12.6. The molecule has 19 heavy (non-hydrogen) atoms. The van der Waals surface area contributed by atoms with Crippen molar-refractivity contribution < 1.29 is 18.3 Å². The third kappa shape index (κ3) is 3.82. The number of carboxylic acid groups (broad SMARTS) is 1. The summed E-state index contributed by atoms with van der Waals surface area (Å²) in [5, 5.41) is 8.95. The van der Waals surface area contributed by atoms with E-state index >= 15 is 0 Å². The summed E-state index contributed by atoms with van der Waals surface area (Å²) in [6.45, 7) is 2.57. The molecule has 2 N–H and O–H groups in total. The molecular weight excluding hydrogens is 313 g/mol. The van der Waals surface area contributed by atoms with Gasteiger partial charge in [-0.15, -0.1) is 0 Å². The Bertz CT molecular complexity index is 599. The molecule has 0 spiro atoms. The van der Waals surface area contributed by atoms with Crippen molar-refractivity contribution >= 4 is 39.2 Å². The van der Waals surface area contributed by atoms with E-state index in [-0.39, 0.29) is 21.5 Å². The fourth-order valence-electron chi connectivity index (χ4n) is 1.12. The highest BCUT2D eigenvalue weighted by molar-refractivity contribution is 7.89. The lowest BCUT2D eigenvalue weighted by Gasteiger charge is -2.19. The van der Waals surface area contributed by atoms with Crippen molar-refractivity contribution in [3.8, 4) is 0 Å². The van der Waals surface area contributed by atoms with Crippen LogP contribution in [-0.2, 0) is 14.8 Å². The van der Waals surface area contributed by atoms with Crippen LogP contribution in [-0.4, -0.2) is 26.0 Å². The normalized spacial score (nSPS) is 12.4. The number of carbonyl (C=O) groups is 1. The van der Waals surface area contributed by atoms with E-state index in [4.69, 9.17) is 28.3 Å². The molecule has 0 aromatic heterocycles. The number of hydrogen-bond acceptors (Lipinski definition) is 3. The molecule has 0 saturated carbocycles. The summed E-state index contributed by atoms with van der Waals surface area (Å²) in [4.78, 5) is 10.7. The maximum absolute atomic E-state index is 12.0. The Morgan fingerprint density at radius 1 is 1.37 bits per heavy atom. The van der Waals surface area contributed by atoms with Gasteiger partial charge in [0.15, 0.2) is 0 Å². The zero-order valence-electron chi connectivity index (χ0n) is 10.3. The highest BCUT2D eigenvalue weighted by atomic mass is 35.5. The summed E-state index contributed by atoms with van der Waals surface area (Å²) in [5.41, 5.74) is -1.22. The molecule has 5 nitrogen and oxygen atoms in total. The lowest BCUT2D eigenvalue weighted by atomic mass is 9.95. The molecule has 0 aliphatic carbocycles. The molecule has 1 rings (SSSR count). The molecule has 0 unspecified atom stereocenters. The van der Waals surface area contributed by atoms with Crippen LogP contribution in [0.3, 0.4) is 0 Å². The van der Waals surface area contributed by atoms with E-state index < -0.39 is 21.4 Å². The first-order chi connectivity index (χ1) is 8.58. The molecule has 0 saturated heterocycles. The minimum absolute atomic E-state index is 0.0928. The van der Waals surface area contributed by atoms with E-state index in [1.807, 2.05) is 0 Å². The maximum Gasteiger partial charge on any atom is 0.310 e. The molecule has 0 radical (unpaired) electrons. The van der Waals surface area contributed by atoms with Gasteiger partial charge in [-0.3, -0.25) is 4.79 Å². The average Bonchev–Trinajstić information content (AvgIpc) is 2.30. The van der Waals surface area contributed by atoms with E-state index in [1.165, 1.54) is 32.0 Å². The summed E-state index contributed by atoms with van der Waals surface area (Å²) >= 11 is 11.6. The number of benzene rings is 1. The number of sulfonamides is 1. The number of halogens is 2. The Balaban J connectivity index is 3.01. The second-order valence-electron chi connectivity index (χ2n) is 4.57. The van der Waals surface area contributed by atoms with E-state index in [9.17, 15) is 13.2 Å². The average molecular weight is 326 g/mol. The van der Waals surface area contributed by atoms with Gasteiger partial charge in [0.1, 0.15) is 4.90 Å². The van der Waals surface area contributed by atoms with Gasteiger partial charge in [-0.1, -0.05) is 29.3 Å². The van der Waals surface area contributed by atoms with Gasteiger partial charge in [0.25, 0.3) is 0 Å². The number of carboxylic acids is 1. The minimum atomic E-state index is -3.91. The first kappa shape index (κ1) is 16.2. The van der Waals surface area contributed by atoms with Crippen LogP contribution in [0.2, 0.25) is 10.0 Å². The molecule has 106 valence electrons. The quantitative estimate of drug-likeness (QED) is 0.870. The Morgan fingerprint density at radius 3 is 2.47 bits per heavy atom. The van der Waals surface area contributed by atoms with Crippen molar-refractivity contribution in [2.75, 3.05) is 6.54 Å². The van der Waals surface area contributed by atoms with Gasteiger partial charge >= 0.3 is 5.97 Å². The van der Waals surface area contributed by atoms with Gasteiger partial charge < -0.3 is 5.11 Å². The first-order valence-corrected chi connectivity index (χ1v) is 7.49. The van der Waals surface area contributed by atoms with Gasteiger partial charge in [0.05, 0.1) is 15.5 Å². The van der Waals surface area contributed by atoms with Gasteiger partial charge in [0, 0.05) is 6.54 Å². The molecule has 0 bridgehead atoms. The Morgan fingerprint density at radius 2 is 1.95 bits per heavy atom. The zero-order chi connectivity index (χ0) is 14.8.